The van der Waals surface area contributed by atoms with Crippen molar-refractivity contribution in [3.63, 3.8) is 0 Å². The summed E-state index contributed by atoms with van der Waals surface area (Å²) in [5.74, 6) is -0.909. The predicted molar refractivity (Wildman–Crippen MR) is 105 cm³/mol. The Bertz CT molecular complexity index is 903. The van der Waals surface area contributed by atoms with Gasteiger partial charge in [0.15, 0.2) is 5.76 Å². The minimum atomic E-state index is -0.493. The lowest BCUT2D eigenvalue weighted by molar-refractivity contribution is -0.121. The van der Waals surface area contributed by atoms with E-state index in [-0.39, 0.29) is 23.5 Å². The van der Waals surface area contributed by atoms with E-state index in [1.165, 1.54) is 17.6 Å². The Labute approximate surface area is 166 Å². The number of nitrogens with one attached hydrogen (secondary N) is 1. The summed E-state index contributed by atoms with van der Waals surface area (Å²) in [5, 5.41) is 3.48. The first kappa shape index (κ1) is 18.7. The number of nitrogens with two attached hydrogens (primary N) is 1. The molecule has 0 spiro atoms. The molecule has 3 amide bonds. The Morgan fingerprint density at radius 2 is 2.04 bits per heavy atom. The number of thiophene rings is 1. The van der Waals surface area contributed by atoms with Gasteiger partial charge in [0.1, 0.15) is 5.00 Å². The number of nitrogens with zero attached hydrogens (tertiary/aromatic N) is 1. The minimum absolute atomic E-state index is 0.168. The number of primary amides is 1. The van der Waals surface area contributed by atoms with Gasteiger partial charge >= 0.3 is 0 Å². The molecule has 7 nitrogen and oxygen atoms in total. The van der Waals surface area contributed by atoms with E-state index in [4.69, 9.17) is 10.2 Å². The Kier molecular flexibility index (Phi) is 5.21. The maximum atomic E-state index is 12.9. The monoisotopic (exact) mass is 401 g/mol. The molecule has 8 heteroatoms. The average molecular weight is 401 g/mol. The Hall–Kier alpha value is -2.61. The van der Waals surface area contributed by atoms with Gasteiger partial charge in [-0.05, 0) is 56.2 Å². The fourth-order valence-corrected chi connectivity index (χ4v) is 5.36. The van der Waals surface area contributed by atoms with Crippen LogP contribution in [0.2, 0.25) is 0 Å². The number of furan rings is 1. The highest BCUT2D eigenvalue weighted by atomic mass is 32.1. The lowest BCUT2D eigenvalue weighted by Gasteiger charge is -2.31. The average Bonchev–Trinajstić information content (AvgIpc) is 3.35. The minimum Gasteiger partial charge on any atom is -0.459 e. The van der Waals surface area contributed by atoms with E-state index in [1.807, 2.05) is 0 Å². The SMILES string of the molecule is NC(=O)c1c(NC(=O)[C@H]2CCCN(C(=O)c3ccco3)C2)sc2c1CCCC2. The number of carbonyl (C=O) groups is 3. The van der Waals surface area contributed by atoms with Gasteiger partial charge in [0.2, 0.25) is 5.91 Å². The molecule has 1 aliphatic heterocycles. The molecule has 2 aromatic heterocycles. The second-order valence-corrected chi connectivity index (χ2v) is 8.44. The highest BCUT2D eigenvalue weighted by molar-refractivity contribution is 7.17. The summed E-state index contributed by atoms with van der Waals surface area (Å²) in [6, 6.07) is 3.30. The molecule has 0 unspecified atom stereocenters. The third-order valence-electron chi connectivity index (χ3n) is 5.47. The van der Waals surface area contributed by atoms with E-state index < -0.39 is 5.91 Å². The summed E-state index contributed by atoms with van der Waals surface area (Å²) in [5.41, 5.74) is 7.07. The van der Waals surface area contributed by atoms with Gasteiger partial charge in [0, 0.05) is 18.0 Å². The van der Waals surface area contributed by atoms with Crippen molar-refractivity contribution in [1.82, 2.24) is 4.90 Å². The number of hydrogen-bond acceptors (Lipinski definition) is 5. The quantitative estimate of drug-likeness (QED) is 0.822. The zero-order chi connectivity index (χ0) is 19.7. The molecular formula is C20H23N3O4S. The van der Waals surface area contributed by atoms with Crippen LogP contribution in [0.15, 0.2) is 22.8 Å². The fourth-order valence-electron chi connectivity index (χ4n) is 4.06. The van der Waals surface area contributed by atoms with Crippen LogP contribution in [-0.4, -0.2) is 35.7 Å². The summed E-state index contributed by atoms with van der Waals surface area (Å²) < 4.78 is 5.19. The van der Waals surface area contributed by atoms with E-state index in [1.54, 1.807) is 17.0 Å². The molecular weight excluding hydrogens is 378 g/mol. The lowest BCUT2D eigenvalue weighted by atomic mass is 9.95. The number of anilines is 1. The van der Waals surface area contributed by atoms with Crippen molar-refractivity contribution in [2.45, 2.75) is 38.5 Å². The number of amides is 3. The molecule has 0 aromatic carbocycles. The second-order valence-electron chi connectivity index (χ2n) is 7.34. The molecule has 1 aliphatic carbocycles. The van der Waals surface area contributed by atoms with Crippen LogP contribution in [0, 0.1) is 5.92 Å². The highest BCUT2D eigenvalue weighted by Crippen LogP contribution is 2.38. The summed E-state index contributed by atoms with van der Waals surface area (Å²) in [6.45, 7) is 0.936. The Morgan fingerprint density at radius 1 is 1.21 bits per heavy atom. The number of rotatable bonds is 4. The van der Waals surface area contributed by atoms with Gasteiger partial charge in [-0.15, -0.1) is 11.3 Å². The number of likely N-dealkylation sites (tertiary alicyclic amines) is 1. The zero-order valence-electron chi connectivity index (χ0n) is 15.5. The number of hydrogen-bond donors (Lipinski definition) is 2. The van der Waals surface area contributed by atoms with Gasteiger partial charge in [-0.1, -0.05) is 0 Å². The molecule has 0 bridgehead atoms. The van der Waals surface area contributed by atoms with Gasteiger partial charge < -0.3 is 20.4 Å². The normalized spacial score (nSPS) is 19.1. The molecule has 1 atom stereocenters. The number of fused-ring (bicyclic) bond motifs is 1. The first-order valence-electron chi connectivity index (χ1n) is 9.62. The predicted octanol–water partition coefficient (Wildman–Crippen LogP) is 2.81. The first-order chi connectivity index (χ1) is 13.5. The number of piperidine rings is 1. The zero-order valence-corrected chi connectivity index (χ0v) is 16.3. The molecule has 148 valence electrons. The summed E-state index contributed by atoms with van der Waals surface area (Å²) in [6.07, 6.45) is 6.78. The van der Waals surface area contributed by atoms with Crippen molar-refractivity contribution < 1.29 is 18.8 Å². The molecule has 1 fully saturated rings. The number of carbonyl (C=O) groups excluding carboxylic acids is 3. The van der Waals surface area contributed by atoms with Crippen molar-refractivity contribution in [1.29, 1.82) is 0 Å². The summed E-state index contributed by atoms with van der Waals surface area (Å²) in [4.78, 5) is 40.2. The van der Waals surface area contributed by atoms with Crippen molar-refractivity contribution >= 4 is 34.1 Å². The Balaban J connectivity index is 1.49. The molecule has 2 aromatic rings. The van der Waals surface area contributed by atoms with Crippen LogP contribution in [0.5, 0.6) is 0 Å². The maximum absolute atomic E-state index is 12.9. The highest BCUT2D eigenvalue weighted by Gasteiger charge is 2.32. The lowest BCUT2D eigenvalue weighted by Crippen LogP contribution is -2.43. The third kappa shape index (κ3) is 3.56. The van der Waals surface area contributed by atoms with E-state index >= 15 is 0 Å². The summed E-state index contributed by atoms with van der Waals surface area (Å²) >= 11 is 1.46. The van der Waals surface area contributed by atoms with Crippen LogP contribution in [0.1, 0.15) is 57.0 Å². The fraction of sp³-hybridized carbons (Fsp3) is 0.450. The van der Waals surface area contributed by atoms with E-state index in [9.17, 15) is 14.4 Å². The van der Waals surface area contributed by atoms with Crippen molar-refractivity contribution in [3.8, 4) is 0 Å². The number of aryl methyl sites for hydroxylation is 1. The van der Waals surface area contributed by atoms with Gasteiger partial charge in [-0.3, -0.25) is 14.4 Å². The standard InChI is InChI=1S/C20H23N3O4S/c21-17(24)16-13-6-1-2-8-15(13)28-19(16)22-18(25)12-5-3-9-23(11-12)20(26)14-7-4-10-27-14/h4,7,10,12H,1-3,5-6,8-9,11H2,(H2,21,24)(H,22,25)/t12-/m0/s1. The molecule has 4 rings (SSSR count). The van der Waals surface area contributed by atoms with E-state index in [0.717, 1.165) is 42.5 Å². The van der Waals surface area contributed by atoms with Gasteiger partial charge in [-0.25, -0.2) is 0 Å². The first-order valence-corrected chi connectivity index (χ1v) is 10.4. The molecule has 3 heterocycles. The van der Waals surface area contributed by atoms with E-state index in [2.05, 4.69) is 5.32 Å². The topological polar surface area (TPSA) is 106 Å². The van der Waals surface area contributed by atoms with Gasteiger partial charge in [0.25, 0.3) is 11.8 Å². The molecule has 2 aliphatic rings. The molecule has 3 N–H and O–H groups in total. The van der Waals surface area contributed by atoms with Crippen LogP contribution in [0.3, 0.4) is 0 Å². The molecule has 0 saturated carbocycles. The van der Waals surface area contributed by atoms with Gasteiger partial charge in [-0.2, -0.15) is 0 Å². The van der Waals surface area contributed by atoms with Crippen molar-refractivity contribution in [3.05, 3.63) is 40.2 Å². The van der Waals surface area contributed by atoms with Crippen LogP contribution in [0.4, 0.5) is 5.00 Å². The maximum Gasteiger partial charge on any atom is 0.289 e. The van der Waals surface area contributed by atoms with E-state index in [0.29, 0.717) is 30.1 Å². The molecule has 28 heavy (non-hydrogen) atoms. The van der Waals surface area contributed by atoms with Crippen LogP contribution in [0.25, 0.3) is 0 Å². The molecule has 0 radical (unpaired) electrons. The smallest absolute Gasteiger partial charge is 0.289 e. The molecule has 1 saturated heterocycles. The van der Waals surface area contributed by atoms with Gasteiger partial charge in [0.05, 0.1) is 17.7 Å². The van der Waals surface area contributed by atoms with Crippen molar-refractivity contribution in [2.24, 2.45) is 11.7 Å². The Morgan fingerprint density at radius 3 is 2.79 bits per heavy atom. The van der Waals surface area contributed by atoms with Crippen LogP contribution in [-0.2, 0) is 17.6 Å². The summed E-state index contributed by atoms with van der Waals surface area (Å²) in [7, 11) is 0. The van der Waals surface area contributed by atoms with Crippen molar-refractivity contribution in [2.75, 3.05) is 18.4 Å². The largest absolute Gasteiger partial charge is 0.459 e. The van der Waals surface area contributed by atoms with Crippen LogP contribution < -0.4 is 11.1 Å². The second kappa shape index (κ2) is 7.79. The van der Waals surface area contributed by atoms with Crippen LogP contribution >= 0.6 is 11.3 Å². The third-order valence-corrected chi connectivity index (χ3v) is 6.67.